The summed E-state index contributed by atoms with van der Waals surface area (Å²) in [5.41, 5.74) is 2.28. The Labute approximate surface area is 145 Å². The lowest BCUT2D eigenvalue weighted by molar-refractivity contribution is 0.0941. The number of halogens is 1. The van der Waals surface area contributed by atoms with E-state index in [0.29, 0.717) is 28.0 Å². The van der Waals surface area contributed by atoms with Gasteiger partial charge in [-0.25, -0.2) is 0 Å². The summed E-state index contributed by atoms with van der Waals surface area (Å²) in [5.74, 6) is -0.358. The normalized spacial score (nSPS) is 10.8. The quantitative estimate of drug-likeness (QED) is 0.782. The lowest BCUT2D eigenvalue weighted by Crippen LogP contribution is -2.25. The molecule has 0 aliphatic rings. The predicted octanol–water partition coefficient (Wildman–Crippen LogP) is 3.93. The van der Waals surface area contributed by atoms with Crippen molar-refractivity contribution >= 4 is 34.3 Å². The molecule has 5 heteroatoms. The highest BCUT2D eigenvalue weighted by atomic mass is 35.5. The minimum atomic E-state index is -0.196. The molecule has 1 aromatic heterocycles. The fourth-order valence-corrected chi connectivity index (χ4v) is 2.87. The van der Waals surface area contributed by atoms with Gasteiger partial charge in [-0.3, -0.25) is 14.2 Å². The lowest BCUT2D eigenvalue weighted by Gasteiger charge is -2.04. The molecule has 24 heavy (non-hydrogen) atoms. The summed E-state index contributed by atoms with van der Waals surface area (Å²) in [6, 6.07) is 15.1. The monoisotopic (exact) mass is 340 g/mol. The van der Waals surface area contributed by atoms with Gasteiger partial charge >= 0.3 is 0 Å². The highest BCUT2D eigenvalue weighted by Gasteiger charge is 2.16. The van der Waals surface area contributed by atoms with Crippen LogP contribution in [0.15, 0.2) is 54.7 Å². The minimum absolute atomic E-state index is 0.161. The first kappa shape index (κ1) is 16.3. The van der Waals surface area contributed by atoms with E-state index in [4.69, 9.17) is 11.6 Å². The molecule has 0 fully saturated rings. The molecule has 3 aromatic rings. The summed E-state index contributed by atoms with van der Waals surface area (Å²) in [5, 5.41) is 4.15. The Kier molecular flexibility index (Phi) is 4.67. The van der Waals surface area contributed by atoms with Crippen molar-refractivity contribution in [2.24, 2.45) is 0 Å². The Bertz CT molecular complexity index is 900. The first-order valence-electron chi connectivity index (χ1n) is 7.70. The molecule has 0 radical (unpaired) electrons. The van der Waals surface area contributed by atoms with Crippen molar-refractivity contribution in [2.75, 3.05) is 6.54 Å². The number of nitrogens with zero attached hydrogens (tertiary/aromatic N) is 1. The zero-order valence-corrected chi connectivity index (χ0v) is 14.0. The van der Waals surface area contributed by atoms with E-state index >= 15 is 0 Å². The van der Waals surface area contributed by atoms with Crippen LogP contribution in [0.4, 0.5) is 0 Å². The number of amides is 1. The third-order valence-corrected chi connectivity index (χ3v) is 4.13. The molecule has 2 aromatic carbocycles. The predicted molar refractivity (Wildman–Crippen MR) is 95.7 cm³/mol. The fraction of sp³-hybridized carbons (Fsp3) is 0.158. The average molecular weight is 341 g/mol. The van der Waals surface area contributed by atoms with Crippen LogP contribution in [0, 0.1) is 0 Å². The van der Waals surface area contributed by atoms with Gasteiger partial charge in [0.1, 0.15) is 0 Å². The van der Waals surface area contributed by atoms with Crippen LogP contribution in [-0.4, -0.2) is 22.9 Å². The minimum Gasteiger partial charge on any atom is -0.352 e. The van der Waals surface area contributed by atoms with Crippen LogP contribution >= 0.6 is 11.6 Å². The van der Waals surface area contributed by atoms with E-state index in [0.717, 1.165) is 12.0 Å². The van der Waals surface area contributed by atoms with Crippen molar-refractivity contribution in [3.63, 3.8) is 0 Å². The van der Waals surface area contributed by atoms with Gasteiger partial charge in [0.05, 0.1) is 11.1 Å². The van der Waals surface area contributed by atoms with Crippen molar-refractivity contribution in [3.05, 3.63) is 70.9 Å². The van der Waals surface area contributed by atoms with Crippen LogP contribution < -0.4 is 5.32 Å². The van der Waals surface area contributed by atoms with Gasteiger partial charge in [0.25, 0.3) is 5.91 Å². The molecule has 122 valence electrons. The molecule has 0 aliphatic carbocycles. The van der Waals surface area contributed by atoms with Gasteiger partial charge in [-0.15, -0.1) is 0 Å². The Morgan fingerprint density at radius 3 is 2.58 bits per heavy atom. The van der Waals surface area contributed by atoms with Gasteiger partial charge in [0.15, 0.2) is 0 Å². The molecule has 0 unspecified atom stereocenters. The molecule has 4 nitrogen and oxygen atoms in total. The lowest BCUT2D eigenvalue weighted by atomic mass is 10.1. The highest BCUT2D eigenvalue weighted by Crippen LogP contribution is 2.25. The van der Waals surface area contributed by atoms with Gasteiger partial charge in [-0.1, -0.05) is 48.0 Å². The molecule has 0 aliphatic heterocycles. The van der Waals surface area contributed by atoms with Crippen molar-refractivity contribution in [1.82, 2.24) is 9.88 Å². The zero-order chi connectivity index (χ0) is 17.1. The molecule has 3 rings (SSSR count). The van der Waals surface area contributed by atoms with Crippen LogP contribution in [0.5, 0.6) is 0 Å². The zero-order valence-electron chi connectivity index (χ0n) is 13.3. The highest BCUT2D eigenvalue weighted by molar-refractivity contribution is 6.31. The smallest absolute Gasteiger partial charge is 0.253 e. The number of benzene rings is 2. The SMILES string of the molecule is CC(=O)n1cc(C(=O)NCCc2ccccc2)c2ccc(Cl)cc21. The summed E-state index contributed by atoms with van der Waals surface area (Å²) < 4.78 is 1.45. The molecule has 0 saturated carbocycles. The Balaban J connectivity index is 1.81. The van der Waals surface area contributed by atoms with Crippen molar-refractivity contribution < 1.29 is 9.59 Å². The number of nitrogens with one attached hydrogen (secondary N) is 1. The fourth-order valence-electron chi connectivity index (χ4n) is 2.70. The topological polar surface area (TPSA) is 51.1 Å². The summed E-state index contributed by atoms with van der Waals surface area (Å²) >= 11 is 6.01. The number of carbonyl (C=O) groups excluding carboxylic acids is 2. The average Bonchev–Trinajstić information content (AvgIpc) is 2.94. The second kappa shape index (κ2) is 6.89. The summed E-state index contributed by atoms with van der Waals surface area (Å²) in [7, 11) is 0. The number of carbonyl (C=O) groups is 2. The van der Waals surface area contributed by atoms with E-state index in [1.807, 2.05) is 30.3 Å². The number of fused-ring (bicyclic) bond motifs is 1. The van der Waals surface area contributed by atoms with Crippen LogP contribution in [0.3, 0.4) is 0 Å². The number of rotatable bonds is 4. The molecule has 1 N–H and O–H groups in total. The molecule has 0 bridgehead atoms. The van der Waals surface area contributed by atoms with Crippen LogP contribution in [0.1, 0.15) is 27.6 Å². The maximum Gasteiger partial charge on any atom is 0.253 e. The summed E-state index contributed by atoms with van der Waals surface area (Å²) in [4.78, 5) is 24.3. The van der Waals surface area contributed by atoms with Gasteiger partial charge in [-0.2, -0.15) is 0 Å². The van der Waals surface area contributed by atoms with Crippen molar-refractivity contribution in [1.29, 1.82) is 0 Å². The van der Waals surface area contributed by atoms with E-state index in [1.165, 1.54) is 11.5 Å². The summed E-state index contributed by atoms with van der Waals surface area (Å²) in [6.45, 7) is 1.99. The maximum atomic E-state index is 12.5. The van der Waals surface area contributed by atoms with E-state index in [2.05, 4.69) is 5.32 Å². The van der Waals surface area contributed by atoms with Crippen LogP contribution in [0.2, 0.25) is 5.02 Å². The summed E-state index contributed by atoms with van der Waals surface area (Å²) in [6.07, 6.45) is 2.32. The molecule has 0 saturated heterocycles. The first-order valence-corrected chi connectivity index (χ1v) is 8.08. The van der Waals surface area contributed by atoms with Crippen LogP contribution in [0.25, 0.3) is 10.9 Å². The number of aromatic nitrogens is 1. The standard InChI is InChI=1S/C19H17ClN2O2/c1-13(23)22-12-17(16-8-7-15(20)11-18(16)22)19(24)21-10-9-14-5-3-2-4-6-14/h2-8,11-12H,9-10H2,1H3,(H,21,24). The van der Waals surface area contributed by atoms with Gasteiger partial charge in [0.2, 0.25) is 5.91 Å². The van der Waals surface area contributed by atoms with E-state index < -0.39 is 0 Å². The number of hydrogen-bond acceptors (Lipinski definition) is 2. The second-order valence-corrected chi connectivity index (χ2v) is 6.02. The molecule has 0 atom stereocenters. The van der Waals surface area contributed by atoms with Gasteiger partial charge < -0.3 is 5.32 Å². The Hall–Kier alpha value is -2.59. The Morgan fingerprint density at radius 1 is 1.12 bits per heavy atom. The van der Waals surface area contributed by atoms with Gasteiger partial charge in [0, 0.05) is 30.1 Å². The van der Waals surface area contributed by atoms with E-state index in [-0.39, 0.29) is 11.8 Å². The van der Waals surface area contributed by atoms with Crippen molar-refractivity contribution in [3.8, 4) is 0 Å². The molecule has 1 heterocycles. The second-order valence-electron chi connectivity index (χ2n) is 5.58. The largest absolute Gasteiger partial charge is 0.352 e. The Morgan fingerprint density at radius 2 is 1.88 bits per heavy atom. The first-order chi connectivity index (χ1) is 11.6. The van der Waals surface area contributed by atoms with E-state index in [1.54, 1.807) is 24.4 Å². The molecule has 1 amide bonds. The maximum absolute atomic E-state index is 12.5. The molecule has 0 spiro atoms. The van der Waals surface area contributed by atoms with E-state index in [9.17, 15) is 9.59 Å². The van der Waals surface area contributed by atoms with Crippen molar-refractivity contribution in [2.45, 2.75) is 13.3 Å². The molecular formula is C19H17ClN2O2. The number of hydrogen-bond donors (Lipinski definition) is 1. The van der Waals surface area contributed by atoms with Gasteiger partial charge in [-0.05, 0) is 24.1 Å². The van der Waals surface area contributed by atoms with Crippen LogP contribution in [-0.2, 0) is 6.42 Å². The third kappa shape index (κ3) is 3.34. The third-order valence-electron chi connectivity index (χ3n) is 3.89. The molecular weight excluding hydrogens is 324 g/mol.